The van der Waals surface area contributed by atoms with E-state index in [1.165, 1.54) is 0 Å². The lowest BCUT2D eigenvalue weighted by Gasteiger charge is -2.16. The van der Waals surface area contributed by atoms with Gasteiger partial charge in [0.15, 0.2) is 5.78 Å². The summed E-state index contributed by atoms with van der Waals surface area (Å²) in [6, 6.07) is 15.7. The van der Waals surface area contributed by atoms with E-state index in [0.29, 0.717) is 6.42 Å². The van der Waals surface area contributed by atoms with Crippen LogP contribution in [0.4, 0.5) is 0 Å². The smallest absolute Gasteiger partial charge is 0.170 e. The normalized spacial score (nSPS) is 12.2. The lowest BCUT2D eigenvalue weighted by atomic mass is 9.94. The summed E-state index contributed by atoms with van der Waals surface area (Å²) in [4.78, 5) is 12.5. The van der Waals surface area contributed by atoms with Gasteiger partial charge in [-0.25, -0.2) is 0 Å². The fourth-order valence-electron chi connectivity index (χ4n) is 2.48. The van der Waals surface area contributed by atoms with E-state index in [2.05, 4.69) is 0 Å². The summed E-state index contributed by atoms with van der Waals surface area (Å²) >= 11 is 0. The monoisotopic (exact) mass is 268 g/mol. The molecule has 0 aliphatic carbocycles. The summed E-state index contributed by atoms with van der Waals surface area (Å²) in [5, 5.41) is 0. The van der Waals surface area contributed by atoms with Crippen LogP contribution in [0.25, 0.3) is 0 Å². The Kier molecular flexibility index (Phi) is 4.70. The van der Waals surface area contributed by atoms with Gasteiger partial charge in [0.2, 0.25) is 0 Å². The van der Waals surface area contributed by atoms with Crippen LogP contribution >= 0.6 is 0 Å². The molecule has 0 fully saturated rings. The lowest BCUT2D eigenvalue weighted by Crippen LogP contribution is -2.17. The largest absolute Gasteiger partial charge is 0.369 e. The molecule has 0 saturated heterocycles. The van der Waals surface area contributed by atoms with Crippen molar-refractivity contribution < 1.29 is 9.53 Å². The van der Waals surface area contributed by atoms with Gasteiger partial charge in [0.05, 0.1) is 0 Å². The molecule has 20 heavy (non-hydrogen) atoms. The van der Waals surface area contributed by atoms with E-state index in [4.69, 9.17) is 4.74 Å². The molecule has 0 N–H and O–H groups in total. The van der Waals surface area contributed by atoms with Gasteiger partial charge in [-0.3, -0.25) is 4.79 Å². The number of benzene rings is 2. The number of hydrogen-bond donors (Lipinski definition) is 0. The van der Waals surface area contributed by atoms with Crippen molar-refractivity contribution in [1.29, 1.82) is 0 Å². The van der Waals surface area contributed by atoms with Crippen molar-refractivity contribution in [2.45, 2.75) is 26.4 Å². The van der Waals surface area contributed by atoms with E-state index in [-0.39, 0.29) is 5.78 Å². The average Bonchev–Trinajstić information content (AvgIpc) is 2.45. The molecule has 0 aliphatic heterocycles. The van der Waals surface area contributed by atoms with Gasteiger partial charge in [-0.15, -0.1) is 0 Å². The molecule has 0 heterocycles. The number of rotatable bonds is 5. The van der Waals surface area contributed by atoms with Crippen LogP contribution in [0.2, 0.25) is 0 Å². The maximum absolute atomic E-state index is 12.5. The molecular weight excluding hydrogens is 248 g/mol. The Morgan fingerprint density at radius 2 is 1.60 bits per heavy atom. The Labute approximate surface area is 120 Å². The predicted octanol–water partition coefficient (Wildman–Crippen LogP) is 3.80. The van der Waals surface area contributed by atoms with Crippen molar-refractivity contribution in [3.8, 4) is 0 Å². The van der Waals surface area contributed by atoms with Crippen molar-refractivity contribution in [2.24, 2.45) is 0 Å². The van der Waals surface area contributed by atoms with E-state index in [1.54, 1.807) is 7.11 Å². The topological polar surface area (TPSA) is 26.3 Å². The summed E-state index contributed by atoms with van der Waals surface area (Å²) in [6.45, 7) is 4.08. The Hall–Kier alpha value is -1.93. The maximum Gasteiger partial charge on any atom is 0.170 e. The van der Waals surface area contributed by atoms with Crippen LogP contribution in [0.3, 0.4) is 0 Å². The third-order valence-electron chi connectivity index (χ3n) is 3.63. The molecule has 0 saturated carbocycles. The SMILES string of the molecule is COC(C(=O)Cc1c(C)cccc1C)c1ccccc1. The van der Waals surface area contributed by atoms with Crippen LogP contribution < -0.4 is 0 Å². The molecule has 2 nitrogen and oxygen atoms in total. The summed E-state index contributed by atoms with van der Waals surface area (Å²) in [5.74, 6) is 0.0936. The van der Waals surface area contributed by atoms with E-state index in [0.717, 1.165) is 22.3 Å². The summed E-state index contributed by atoms with van der Waals surface area (Å²) in [6.07, 6.45) is -0.0819. The highest BCUT2D eigenvalue weighted by Crippen LogP contribution is 2.22. The minimum atomic E-state index is -0.491. The molecule has 2 aromatic carbocycles. The molecule has 0 bridgehead atoms. The van der Waals surface area contributed by atoms with Crippen molar-refractivity contribution in [3.05, 3.63) is 70.8 Å². The standard InChI is InChI=1S/C18H20O2/c1-13-8-7-9-14(2)16(13)12-17(19)18(20-3)15-10-5-4-6-11-15/h4-11,18H,12H2,1-3H3. The first kappa shape index (κ1) is 14.5. The van der Waals surface area contributed by atoms with Gasteiger partial charge < -0.3 is 4.74 Å². The van der Waals surface area contributed by atoms with E-state index in [1.807, 2.05) is 62.4 Å². The van der Waals surface area contributed by atoms with Gasteiger partial charge in [0, 0.05) is 13.5 Å². The molecule has 0 aromatic heterocycles. The van der Waals surface area contributed by atoms with Gasteiger partial charge in [-0.05, 0) is 36.1 Å². The van der Waals surface area contributed by atoms with Crippen molar-refractivity contribution in [3.63, 3.8) is 0 Å². The third kappa shape index (κ3) is 3.14. The first-order valence-electron chi connectivity index (χ1n) is 6.79. The second-order valence-electron chi connectivity index (χ2n) is 5.04. The molecule has 0 spiro atoms. The molecule has 2 rings (SSSR count). The van der Waals surface area contributed by atoms with E-state index >= 15 is 0 Å². The molecule has 0 amide bonds. The van der Waals surface area contributed by atoms with Gasteiger partial charge >= 0.3 is 0 Å². The van der Waals surface area contributed by atoms with Crippen LogP contribution in [0, 0.1) is 13.8 Å². The molecular formula is C18H20O2. The number of Topliss-reactive ketones (excluding diaryl/α,β-unsaturated/α-hetero) is 1. The number of ether oxygens (including phenoxy) is 1. The lowest BCUT2D eigenvalue weighted by molar-refractivity contribution is -0.128. The fourth-order valence-corrected chi connectivity index (χ4v) is 2.48. The Bertz CT molecular complexity index is 567. The molecule has 1 unspecified atom stereocenters. The maximum atomic E-state index is 12.5. The highest BCUT2D eigenvalue weighted by atomic mass is 16.5. The zero-order valence-corrected chi connectivity index (χ0v) is 12.2. The van der Waals surface area contributed by atoms with Gasteiger partial charge in [-0.1, -0.05) is 48.5 Å². The van der Waals surface area contributed by atoms with Crippen molar-refractivity contribution in [2.75, 3.05) is 7.11 Å². The first-order valence-corrected chi connectivity index (χ1v) is 6.79. The molecule has 104 valence electrons. The minimum absolute atomic E-state index is 0.0936. The number of hydrogen-bond acceptors (Lipinski definition) is 2. The summed E-state index contributed by atoms with van der Waals surface area (Å²) in [5.41, 5.74) is 4.32. The molecule has 2 aromatic rings. The zero-order valence-electron chi connectivity index (χ0n) is 12.2. The van der Waals surface area contributed by atoms with Gasteiger partial charge in [-0.2, -0.15) is 0 Å². The first-order chi connectivity index (χ1) is 9.63. The molecule has 2 heteroatoms. The second-order valence-corrected chi connectivity index (χ2v) is 5.04. The minimum Gasteiger partial charge on any atom is -0.369 e. The fraction of sp³-hybridized carbons (Fsp3) is 0.278. The Morgan fingerprint density at radius 3 is 2.15 bits per heavy atom. The average molecular weight is 268 g/mol. The Morgan fingerprint density at radius 1 is 1.00 bits per heavy atom. The van der Waals surface area contributed by atoms with Crippen LogP contribution in [0.1, 0.15) is 28.4 Å². The summed E-state index contributed by atoms with van der Waals surface area (Å²) < 4.78 is 5.40. The highest BCUT2D eigenvalue weighted by molar-refractivity contribution is 5.86. The quantitative estimate of drug-likeness (QED) is 0.824. The molecule has 1 atom stereocenters. The molecule has 0 radical (unpaired) electrons. The predicted molar refractivity (Wildman–Crippen MR) is 80.8 cm³/mol. The van der Waals surface area contributed by atoms with Crippen molar-refractivity contribution >= 4 is 5.78 Å². The van der Waals surface area contributed by atoms with E-state index < -0.39 is 6.10 Å². The zero-order chi connectivity index (χ0) is 14.5. The summed E-state index contributed by atoms with van der Waals surface area (Å²) in [7, 11) is 1.58. The van der Waals surface area contributed by atoms with Crippen LogP contribution in [-0.4, -0.2) is 12.9 Å². The Balaban J connectivity index is 2.23. The number of aryl methyl sites for hydroxylation is 2. The third-order valence-corrected chi connectivity index (χ3v) is 3.63. The number of methoxy groups -OCH3 is 1. The second kappa shape index (κ2) is 6.49. The van der Waals surface area contributed by atoms with Crippen LogP contribution in [0.5, 0.6) is 0 Å². The van der Waals surface area contributed by atoms with Gasteiger partial charge in [0.25, 0.3) is 0 Å². The number of carbonyl (C=O) groups excluding carboxylic acids is 1. The number of carbonyl (C=O) groups is 1. The number of ketones is 1. The van der Waals surface area contributed by atoms with Gasteiger partial charge in [0.1, 0.15) is 6.10 Å². The van der Waals surface area contributed by atoms with Crippen LogP contribution in [0.15, 0.2) is 48.5 Å². The van der Waals surface area contributed by atoms with Crippen molar-refractivity contribution in [1.82, 2.24) is 0 Å². The van der Waals surface area contributed by atoms with E-state index in [9.17, 15) is 4.79 Å². The molecule has 0 aliphatic rings. The van der Waals surface area contributed by atoms with Crippen LogP contribution in [-0.2, 0) is 16.0 Å². The highest BCUT2D eigenvalue weighted by Gasteiger charge is 2.21.